The Hall–Kier alpha value is -1.85. The first kappa shape index (κ1) is 13.1. The molecule has 5 heteroatoms. The molecule has 102 valence electrons. The number of nitrogens with one attached hydrogen (secondary N) is 1. The van der Waals surface area contributed by atoms with E-state index < -0.39 is 0 Å². The Morgan fingerprint density at radius 2 is 2.10 bits per heavy atom. The van der Waals surface area contributed by atoms with E-state index in [-0.39, 0.29) is 0 Å². The predicted molar refractivity (Wildman–Crippen MR) is 82.9 cm³/mol. The zero-order valence-electron chi connectivity index (χ0n) is 11.3. The van der Waals surface area contributed by atoms with E-state index in [1.807, 2.05) is 24.4 Å². The molecule has 0 unspecified atom stereocenters. The zero-order valence-corrected chi connectivity index (χ0v) is 12.2. The fraction of sp³-hybridized carbons (Fsp3) is 0.267. The van der Waals surface area contributed by atoms with Crippen LogP contribution in [0.1, 0.15) is 11.9 Å². The molecule has 1 N–H and O–H groups in total. The third kappa shape index (κ3) is 2.69. The van der Waals surface area contributed by atoms with Crippen LogP contribution in [0.2, 0.25) is 0 Å². The molecule has 4 nitrogen and oxygen atoms in total. The van der Waals surface area contributed by atoms with Gasteiger partial charge in [-0.25, -0.2) is 0 Å². The van der Waals surface area contributed by atoms with Crippen molar-refractivity contribution in [3.8, 4) is 10.6 Å². The monoisotopic (exact) mass is 284 g/mol. The summed E-state index contributed by atoms with van der Waals surface area (Å²) in [7, 11) is 0. The average molecular weight is 284 g/mol. The lowest BCUT2D eigenvalue weighted by Crippen LogP contribution is -2.15. The van der Waals surface area contributed by atoms with Gasteiger partial charge in [-0.15, -0.1) is 10.2 Å². The van der Waals surface area contributed by atoms with E-state index in [1.165, 1.54) is 0 Å². The number of hydrogen-bond acceptors (Lipinski definition) is 5. The van der Waals surface area contributed by atoms with Crippen molar-refractivity contribution in [2.24, 2.45) is 0 Å². The maximum atomic E-state index is 4.38. The first-order valence-corrected chi connectivity index (χ1v) is 7.57. The number of pyridine rings is 1. The Labute approximate surface area is 121 Å². The number of hydrogen-bond donors (Lipinski definition) is 1. The summed E-state index contributed by atoms with van der Waals surface area (Å²) in [6.45, 7) is 4.04. The molecule has 0 aliphatic heterocycles. The van der Waals surface area contributed by atoms with Crippen LogP contribution in [-0.2, 0) is 6.42 Å². The number of likely N-dealkylation sites (N-methyl/N-ethyl adjacent to an activating group) is 1. The van der Waals surface area contributed by atoms with E-state index in [4.69, 9.17) is 0 Å². The van der Waals surface area contributed by atoms with E-state index >= 15 is 0 Å². The minimum absolute atomic E-state index is 0.925. The van der Waals surface area contributed by atoms with Crippen molar-refractivity contribution in [1.29, 1.82) is 0 Å². The van der Waals surface area contributed by atoms with Crippen LogP contribution in [0, 0.1) is 0 Å². The van der Waals surface area contributed by atoms with Crippen LogP contribution >= 0.6 is 11.3 Å². The second kappa shape index (κ2) is 6.07. The largest absolute Gasteiger partial charge is 0.317 e. The smallest absolute Gasteiger partial charge is 0.148 e. The van der Waals surface area contributed by atoms with Gasteiger partial charge in [-0.05, 0) is 18.7 Å². The molecule has 0 aliphatic carbocycles. The van der Waals surface area contributed by atoms with Gasteiger partial charge in [0.25, 0.3) is 0 Å². The lowest BCUT2D eigenvalue weighted by Gasteiger charge is -2.01. The van der Waals surface area contributed by atoms with Crippen LogP contribution in [0.25, 0.3) is 21.5 Å². The highest BCUT2D eigenvalue weighted by Gasteiger charge is 2.09. The summed E-state index contributed by atoms with van der Waals surface area (Å²) in [5, 5.41) is 15.1. The molecule has 0 spiro atoms. The standard InChI is InChI=1S/C15H16N4S/c1-2-16-10-8-14-18-19-15(20-14)12-5-3-7-13-11(12)6-4-9-17-13/h3-7,9,16H,2,8,10H2,1H3. The quantitative estimate of drug-likeness (QED) is 0.732. The molecule has 2 aromatic heterocycles. The third-order valence-corrected chi connectivity index (χ3v) is 4.12. The lowest BCUT2D eigenvalue weighted by molar-refractivity contribution is 0.710. The topological polar surface area (TPSA) is 50.7 Å². The minimum atomic E-state index is 0.925. The van der Waals surface area contributed by atoms with Gasteiger partial charge in [0.1, 0.15) is 10.0 Å². The number of benzene rings is 1. The van der Waals surface area contributed by atoms with E-state index in [2.05, 4.69) is 39.6 Å². The Bertz CT molecular complexity index is 702. The summed E-state index contributed by atoms with van der Waals surface area (Å²) in [6.07, 6.45) is 2.74. The number of nitrogens with zero attached hydrogens (tertiary/aromatic N) is 3. The average Bonchev–Trinajstić information content (AvgIpc) is 2.96. The molecule has 0 radical (unpaired) electrons. The van der Waals surface area contributed by atoms with Crippen molar-refractivity contribution in [1.82, 2.24) is 20.5 Å². The molecule has 0 amide bonds. The van der Waals surface area contributed by atoms with Gasteiger partial charge in [0.05, 0.1) is 5.52 Å². The third-order valence-electron chi connectivity index (χ3n) is 3.11. The summed E-state index contributed by atoms with van der Waals surface area (Å²) in [6, 6.07) is 10.2. The molecule has 0 saturated carbocycles. The summed E-state index contributed by atoms with van der Waals surface area (Å²) >= 11 is 1.66. The number of fused-ring (bicyclic) bond motifs is 1. The van der Waals surface area contributed by atoms with Crippen molar-refractivity contribution in [3.05, 3.63) is 41.5 Å². The summed E-state index contributed by atoms with van der Waals surface area (Å²) < 4.78 is 0. The maximum absolute atomic E-state index is 4.38. The highest BCUT2D eigenvalue weighted by atomic mass is 32.1. The van der Waals surface area contributed by atoms with E-state index in [0.717, 1.165) is 46.0 Å². The van der Waals surface area contributed by atoms with Crippen LogP contribution in [0.5, 0.6) is 0 Å². The molecule has 1 aromatic carbocycles. The summed E-state index contributed by atoms with van der Waals surface area (Å²) in [5.41, 5.74) is 2.11. The zero-order chi connectivity index (χ0) is 13.8. The first-order chi connectivity index (χ1) is 9.88. The highest BCUT2D eigenvalue weighted by Crippen LogP contribution is 2.29. The number of aromatic nitrogens is 3. The first-order valence-electron chi connectivity index (χ1n) is 6.75. The molecule has 2 heterocycles. The van der Waals surface area contributed by atoms with E-state index in [0.29, 0.717) is 0 Å². The molecule has 0 aliphatic rings. The fourth-order valence-electron chi connectivity index (χ4n) is 2.13. The minimum Gasteiger partial charge on any atom is -0.317 e. The molecular formula is C15H16N4S. The molecule has 0 bridgehead atoms. The van der Waals surface area contributed by atoms with Crippen molar-refractivity contribution >= 4 is 22.2 Å². The fourth-order valence-corrected chi connectivity index (χ4v) is 3.00. The molecule has 20 heavy (non-hydrogen) atoms. The van der Waals surface area contributed by atoms with Gasteiger partial charge in [-0.1, -0.05) is 36.5 Å². The predicted octanol–water partition coefficient (Wildman–Crippen LogP) is 2.91. The Balaban J connectivity index is 1.91. The van der Waals surface area contributed by atoms with Crippen molar-refractivity contribution in [3.63, 3.8) is 0 Å². The van der Waals surface area contributed by atoms with Gasteiger partial charge < -0.3 is 5.32 Å². The second-order valence-electron chi connectivity index (χ2n) is 4.48. The van der Waals surface area contributed by atoms with E-state index in [9.17, 15) is 0 Å². The van der Waals surface area contributed by atoms with Gasteiger partial charge in [0.2, 0.25) is 0 Å². The van der Waals surface area contributed by atoms with Crippen LogP contribution in [0.15, 0.2) is 36.5 Å². The van der Waals surface area contributed by atoms with Gasteiger partial charge in [0.15, 0.2) is 0 Å². The summed E-state index contributed by atoms with van der Waals surface area (Å²) in [4.78, 5) is 4.38. The number of rotatable bonds is 5. The maximum Gasteiger partial charge on any atom is 0.148 e. The van der Waals surface area contributed by atoms with Gasteiger partial charge in [-0.2, -0.15) is 0 Å². The molecular weight excluding hydrogens is 268 g/mol. The van der Waals surface area contributed by atoms with Crippen LogP contribution < -0.4 is 5.32 Å². The summed E-state index contributed by atoms with van der Waals surface area (Å²) in [5.74, 6) is 0. The van der Waals surface area contributed by atoms with Gasteiger partial charge >= 0.3 is 0 Å². The molecule has 3 aromatic rings. The normalized spacial score (nSPS) is 11.1. The van der Waals surface area contributed by atoms with Crippen molar-refractivity contribution < 1.29 is 0 Å². The second-order valence-corrected chi connectivity index (χ2v) is 5.54. The van der Waals surface area contributed by atoms with Crippen LogP contribution in [0.3, 0.4) is 0 Å². The highest BCUT2D eigenvalue weighted by molar-refractivity contribution is 7.14. The Morgan fingerprint density at radius 1 is 1.15 bits per heavy atom. The van der Waals surface area contributed by atoms with Crippen molar-refractivity contribution in [2.45, 2.75) is 13.3 Å². The Kier molecular flexibility index (Phi) is 3.99. The molecule has 0 saturated heterocycles. The SMILES string of the molecule is CCNCCc1nnc(-c2cccc3ncccc23)s1. The van der Waals surface area contributed by atoms with Gasteiger partial charge in [-0.3, -0.25) is 4.98 Å². The van der Waals surface area contributed by atoms with Crippen LogP contribution in [0.4, 0.5) is 0 Å². The Morgan fingerprint density at radius 3 is 3.00 bits per heavy atom. The van der Waals surface area contributed by atoms with Crippen LogP contribution in [-0.4, -0.2) is 28.3 Å². The van der Waals surface area contributed by atoms with E-state index in [1.54, 1.807) is 11.3 Å². The molecule has 3 rings (SSSR count). The van der Waals surface area contributed by atoms with Gasteiger partial charge in [0, 0.05) is 30.1 Å². The molecule has 0 fully saturated rings. The molecule has 0 atom stereocenters. The van der Waals surface area contributed by atoms with Crippen molar-refractivity contribution in [2.75, 3.05) is 13.1 Å². The lowest BCUT2D eigenvalue weighted by atomic mass is 10.1.